The molecule has 31 heavy (non-hydrogen) atoms. The Morgan fingerprint density at radius 3 is 2.81 bits per heavy atom. The number of hydrazone groups is 1. The highest BCUT2D eigenvalue weighted by molar-refractivity contribution is 5.83. The first-order valence-corrected chi connectivity index (χ1v) is 10.3. The summed E-state index contributed by atoms with van der Waals surface area (Å²) in [5, 5.41) is 5.57. The lowest BCUT2D eigenvalue weighted by atomic mass is 9.81. The molecule has 1 aromatic carbocycles. The minimum absolute atomic E-state index is 0.143. The number of aldehydes is 1. The number of benzene rings is 1. The molecule has 2 fully saturated rings. The molecule has 0 bridgehead atoms. The number of halogens is 2. The maximum Gasteiger partial charge on any atom is 0.247 e. The average Bonchev–Trinajstić information content (AvgIpc) is 3.36. The van der Waals surface area contributed by atoms with Gasteiger partial charge in [0.25, 0.3) is 0 Å². The zero-order valence-corrected chi connectivity index (χ0v) is 16.7. The smallest absolute Gasteiger partial charge is 0.247 e. The molecule has 0 radical (unpaired) electrons. The molecule has 2 aromatic rings. The van der Waals surface area contributed by atoms with Gasteiger partial charge in [0.05, 0.1) is 6.04 Å². The van der Waals surface area contributed by atoms with Crippen molar-refractivity contribution in [1.82, 2.24) is 15.0 Å². The van der Waals surface area contributed by atoms with Gasteiger partial charge >= 0.3 is 0 Å². The summed E-state index contributed by atoms with van der Waals surface area (Å²) in [6.07, 6.45) is 6.41. The van der Waals surface area contributed by atoms with E-state index >= 15 is 0 Å². The number of rotatable bonds is 4. The van der Waals surface area contributed by atoms with E-state index in [9.17, 15) is 18.4 Å². The second-order valence-corrected chi connectivity index (χ2v) is 8.44. The molecule has 1 aromatic heterocycles. The van der Waals surface area contributed by atoms with Crippen molar-refractivity contribution in [2.24, 2.45) is 16.4 Å². The van der Waals surface area contributed by atoms with Gasteiger partial charge in [-0.3, -0.25) is 9.59 Å². The average molecular weight is 425 g/mol. The van der Waals surface area contributed by atoms with Crippen molar-refractivity contribution in [2.75, 3.05) is 18.0 Å². The molecule has 3 heterocycles. The summed E-state index contributed by atoms with van der Waals surface area (Å²) in [4.78, 5) is 34.8. The molecule has 1 aliphatic carbocycles. The second-order valence-electron chi connectivity index (χ2n) is 8.44. The number of nitrogens with zero attached hydrogens (tertiary/aromatic N) is 5. The molecular formula is C22H21F2N5O2. The fourth-order valence-electron chi connectivity index (χ4n) is 4.82. The van der Waals surface area contributed by atoms with E-state index in [2.05, 4.69) is 20.0 Å². The first kappa shape index (κ1) is 19.7. The van der Waals surface area contributed by atoms with Gasteiger partial charge in [-0.15, -0.1) is 0 Å². The van der Waals surface area contributed by atoms with Gasteiger partial charge in [0, 0.05) is 43.3 Å². The number of carbonyl (C=O) groups is 2. The fourth-order valence-corrected chi connectivity index (χ4v) is 4.82. The van der Waals surface area contributed by atoms with Crippen molar-refractivity contribution in [3.63, 3.8) is 0 Å². The third-order valence-electron chi connectivity index (χ3n) is 6.61. The van der Waals surface area contributed by atoms with Crippen LogP contribution in [0.2, 0.25) is 0 Å². The van der Waals surface area contributed by atoms with Gasteiger partial charge in [0.15, 0.2) is 6.29 Å². The van der Waals surface area contributed by atoms with Crippen LogP contribution in [0.5, 0.6) is 0 Å². The van der Waals surface area contributed by atoms with E-state index in [0.717, 1.165) is 31.0 Å². The zero-order valence-electron chi connectivity index (χ0n) is 16.7. The molecule has 2 atom stereocenters. The summed E-state index contributed by atoms with van der Waals surface area (Å²) < 4.78 is 28.1. The highest BCUT2D eigenvalue weighted by Gasteiger charge is 2.56. The summed E-state index contributed by atoms with van der Waals surface area (Å²) in [6, 6.07) is 4.32. The third-order valence-corrected chi connectivity index (χ3v) is 6.61. The monoisotopic (exact) mass is 425 g/mol. The van der Waals surface area contributed by atoms with E-state index in [1.165, 1.54) is 11.3 Å². The van der Waals surface area contributed by atoms with E-state index in [0.29, 0.717) is 43.7 Å². The molecule has 1 amide bonds. The van der Waals surface area contributed by atoms with Gasteiger partial charge < -0.3 is 4.90 Å². The van der Waals surface area contributed by atoms with Crippen LogP contribution in [0, 0.1) is 23.0 Å². The van der Waals surface area contributed by atoms with Crippen LogP contribution < -0.4 is 4.90 Å². The number of hydrogen-bond donors (Lipinski definition) is 0. The van der Waals surface area contributed by atoms with Crippen molar-refractivity contribution in [3.8, 4) is 0 Å². The summed E-state index contributed by atoms with van der Waals surface area (Å²) in [6.45, 7) is 1.25. The minimum atomic E-state index is -0.631. The molecule has 1 saturated heterocycles. The van der Waals surface area contributed by atoms with Gasteiger partial charge in [-0.25, -0.2) is 23.8 Å². The van der Waals surface area contributed by atoms with Crippen LogP contribution in [-0.2, 0) is 4.79 Å². The van der Waals surface area contributed by atoms with Crippen LogP contribution in [-0.4, -0.2) is 46.5 Å². The van der Waals surface area contributed by atoms with Crippen molar-refractivity contribution in [2.45, 2.75) is 31.7 Å². The lowest BCUT2D eigenvalue weighted by molar-refractivity contribution is -0.140. The van der Waals surface area contributed by atoms with Gasteiger partial charge in [-0.2, -0.15) is 5.10 Å². The van der Waals surface area contributed by atoms with Crippen LogP contribution in [0.15, 0.2) is 35.7 Å². The van der Waals surface area contributed by atoms with Crippen LogP contribution in [0.3, 0.4) is 0 Å². The summed E-state index contributed by atoms with van der Waals surface area (Å²) >= 11 is 0. The molecule has 2 unspecified atom stereocenters. The molecule has 2 aliphatic heterocycles. The molecule has 1 spiro atoms. The van der Waals surface area contributed by atoms with Crippen molar-refractivity contribution in [1.29, 1.82) is 0 Å². The van der Waals surface area contributed by atoms with E-state index in [-0.39, 0.29) is 22.8 Å². The molecule has 1 saturated carbocycles. The van der Waals surface area contributed by atoms with Gasteiger partial charge in [-0.05, 0) is 42.9 Å². The molecule has 5 rings (SSSR count). The number of piperidine rings is 1. The van der Waals surface area contributed by atoms with Crippen LogP contribution >= 0.6 is 0 Å². The predicted octanol–water partition coefficient (Wildman–Crippen LogP) is 3.13. The number of aromatic nitrogens is 2. The Labute approximate surface area is 177 Å². The van der Waals surface area contributed by atoms with Crippen LogP contribution in [0.25, 0.3) is 0 Å². The Morgan fingerprint density at radius 1 is 1.19 bits per heavy atom. The topological polar surface area (TPSA) is 78.8 Å². The Bertz CT molecular complexity index is 1070. The first-order chi connectivity index (χ1) is 15.0. The van der Waals surface area contributed by atoms with E-state index in [4.69, 9.17) is 0 Å². The predicted molar refractivity (Wildman–Crippen MR) is 108 cm³/mol. The van der Waals surface area contributed by atoms with Crippen LogP contribution in [0.4, 0.5) is 14.6 Å². The Kier molecular flexibility index (Phi) is 4.75. The normalized spacial score (nSPS) is 23.9. The lowest BCUT2D eigenvalue weighted by Crippen LogP contribution is -2.48. The molecule has 9 heteroatoms. The Hall–Kier alpha value is -3.23. The first-order valence-electron chi connectivity index (χ1n) is 10.3. The highest BCUT2D eigenvalue weighted by Crippen LogP contribution is 2.57. The number of anilines is 1. The Balaban J connectivity index is 1.36. The summed E-state index contributed by atoms with van der Waals surface area (Å²) in [5.41, 5.74) is 0.278. The van der Waals surface area contributed by atoms with Gasteiger partial charge in [-0.1, -0.05) is 0 Å². The fraction of sp³-hybridized carbons (Fsp3) is 0.409. The van der Waals surface area contributed by atoms with E-state index in [1.54, 1.807) is 12.3 Å². The number of carbonyl (C=O) groups excluding carboxylic acids is 2. The van der Waals surface area contributed by atoms with Gasteiger partial charge in [0.1, 0.15) is 29.5 Å². The SMILES string of the molecule is O=Cc1cc(N2CCC(C(=O)N3N=CCC3c3cc(F)ccc3F)C3(CC3)C2)ncn1. The maximum atomic E-state index is 14.4. The zero-order chi connectivity index (χ0) is 21.6. The van der Waals surface area contributed by atoms with Gasteiger partial charge in [0.2, 0.25) is 5.91 Å². The molecular weight excluding hydrogens is 404 g/mol. The number of amides is 1. The summed E-state index contributed by atoms with van der Waals surface area (Å²) in [5.74, 6) is -0.794. The minimum Gasteiger partial charge on any atom is -0.356 e. The largest absolute Gasteiger partial charge is 0.356 e. The second kappa shape index (κ2) is 7.47. The molecule has 3 aliphatic rings. The van der Waals surface area contributed by atoms with E-state index in [1.807, 2.05) is 0 Å². The maximum absolute atomic E-state index is 14.4. The Morgan fingerprint density at radius 2 is 2.03 bits per heavy atom. The summed E-state index contributed by atoms with van der Waals surface area (Å²) in [7, 11) is 0. The third kappa shape index (κ3) is 3.47. The molecule has 7 nitrogen and oxygen atoms in total. The number of hydrogen-bond acceptors (Lipinski definition) is 6. The van der Waals surface area contributed by atoms with Crippen molar-refractivity contribution >= 4 is 24.2 Å². The van der Waals surface area contributed by atoms with Crippen molar-refractivity contribution < 1.29 is 18.4 Å². The van der Waals surface area contributed by atoms with E-state index < -0.39 is 17.7 Å². The quantitative estimate of drug-likeness (QED) is 0.704. The standard InChI is InChI=1S/C22H21F2N5O2/c23-14-1-2-18(24)16(9-14)19-3-7-27-29(19)21(31)17-4-8-28(12-22(17)5-6-22)20-10-15(11-30)25-13-26-20/h1-2,7,9-11,13,17,19H,3-6,8,12H2. The lowest BCUT2D eigenvalue weighted by Gasteiger charge is -2.40. The highest BCUT2D eigenvalue weighted by atomic mass is 19.1. The molecule has 160 valence electrons. The molecule has 0 N–H and O–H groups in total. The van der Waals surface area contributed by atoms with Crippen molar-refractivity contribution in [3.05, 3.63) is 53.5 Å². The van der Waals surface area contributed by atoms with Crippen LogP contribution in [0.1, 0.15) is 47.8 Å².